The Kier molecular flexibility index (Phi) is 6.31. The topological polar surface area (TPSA) is 89.4 Å². The largest absolute Gasteiger partial charge is 0.427 e. The number of anilines is 2. The van der Waals surface area contributed by atoms with Crippen LogP contribution in [0.2, 0.25) is 0 Å². The van der Waals surface area contributed by atoms with E-state index < -0.39 is 5.97 Å². The van der Waals surface area contributed by atoms with Crippen molar-refractivity contribution in [1.29, 1.82) is 0 Å². The number of benzene rings is 3. The molecule has 2 amide bonds. The zero-order valence-corrected chi connectivity index (χ0v) is 17.8. The van der Waals surface area contributed by atoms with E-state index in [0.29, 0.717) is 28.3 Å². The number of carbonyl (C=O) groups is 3. The standard InChI is InChI=1S/C26H21N3O4/c1-18(30)33-24-9-4-6-20(16-24)26(32)28-22-8-5-7-21(17-22)27-25(31)19-10-12-23(13-11-19)29-14-2-3-15-29/h2-17H,1H3,(H,27,31)(H,28,32). The summed E-state index contributed by atoms with van der Waals surface area (Å²) in [5.41, 5.74) is 2.87. The number of hydrogen-bond donors (Lipinski definition) is 2. The summed E-state index contributed by atoms with van der Waals surface area (Å²) in [5.74, 6) is -0.797. The van der Waals surface area contributed by atoms with Gasteiger partial charge in [0, 0.05) is 47.5 Å². The van der Waals surface area contributed by atoms with Crippen LogP contribution in [0.1, 0.15) is 27.6 Å². The zero-order chi connectivity index (χ0) is 23.2. The van der Waals surface area contributed by atoms with Crippen molar-refractivity contribution in [3.63, 3.8) is 0 Å². The summed E-state index contributed by atoms with van der Waals surface area (Å²) >= 11 is 0. The normalized spacial score (nSPS) is 10.3. The fourth-order valence-corrected chi connectivity index (χ4v) is 3.24. The molecule has 0 saturated heterocycles. The molecule has 0 unspecified atom stereocenters. The molecule has 3 aromatic carbocycles. The minimum atomic E-state index is -0.463. The molecule has 4 aromatic rings. The first kappa shape index (κ1) is 21.6. The van der Waals surface area contributed by atoms with Crippen LogP contribution in [-0.4, -0.2) is 22.4 Å². The number of ether oxygens (including phenoxy) is 1. The van der Waals surface area contributed by atoms with Crippen LogP contribution in [0.3, 0.4) is 0 Å². The highest BCUT2D eigenvalue weighted by atomic mass is 16.5. The quantitative estimate of drug-likeness (QED) is 0.330. The van der Waals surface area contributed by atoms with E-state index >= 15 is 0 Å². The average Bonchev–Trinajstić information content (AvgIpc) is 3.34. The highest BCUT2D eigenvalue weighted by Crippen LogP contribution is 2.19. The van der Waals surface area contributed by atoms with Gasteiger partial charge >= 0.3 is 5.97 Å². The summed E-state index contributed by atoms with van der Waals surface area (Å²) in [6, 6.07) is 24.3. The molecule has 2 N–H and O–H groups in total. The average molecular weight is 439 g/mol. The number of aromatic nitrogens is 1. The lowest BCUT2D eigenvalue weighted by Gasteiger charge is -2.10. The first-order chi connectivity index (χ1) is 16.0. The molecule has 0 spiro atoms. The first-order valence-electron chi connectivity index (χ1n) is 10.2. The van der Waals surface area contributed by atoms with Gasteiger partial charge in [0.25, 0.3) is 11.8 Å². The molecule has 0 fully saturated rings. The summed E-state index contributed by atoms with van der Waals surface area (Å²) < 4.78 is 6.97. The van der Waals surface area contributed by atoms with Crippen molar-refractivity contribution in [2.24, 2.45) is 0 Å². The minimum absolute atomic E-state index is 0.258. The van der Waals surface area contributed by atoms with Gasteiger partial charge in [-0.1, -0.05) is 12.1 Å². The molecule has 7 nitrogen and oxygen atoms in total. The van der Waals surface area contributed by atoms with Crippen molar-refractivity contribution in [2.45, 2.75) is 6.92 Å². The van der Waals surface area contributed by atoms with Crippen LogP contribution in [0.15, 0.2) is 97.3 Å². The Morgan fingerprint density at radius 2 is 1.30 bits per heavy atom. The molecule has 0 saturated carbocycles. The lowest BCUT2D eigenvalue weighted by atomic mass is 10.1. The predicted octanol–water partition coefficient (Wildman–Crippen LogP) is 4.91. The maximum Gasteiger partial charge on any atom is 0.308 e. The summed E-state index contributed by atoms with van der Waals surface area (Å²) in [6.07, 6.45) is 3.86. The number of carbonyl (C=O) groups excluding carboxylic acids is 3. The highest BCUT2D eigenvalue weighted by molar-refractivity contribution is 6.06. The van der Waals surface area contributed by atoms with Crippen LogP contribution in [0.4, 0.5) is 11.4 Å². The lowest BCUT2D eigenvalue weighted by molar-refractivity contribution is -0.131. The van der Waals surface area contributed by atoms with E-state index in [0.717, 1.165) is 5.69 Å². The van der Waals surface area contributed by atoms with Crippen LogP contribution in [0.25, 0.3) is 5.69 Å². The summed E-state index contributed by atoms with van der Waals surface area (Å²) in [6.45, 7) is 1.29. The molecule has 0 radical (unpaired) electrons. The molecule has 1 aromatic heterocycles. The Morgan fingerprint density at radius 3 is 1.94 bits per heavy atom. The molecule has 0 aliphatic carbocycles. The van der Waals surface area contributed by atoms with E-state index in [1.165, 1.54) is 13.0 Å². The van der Waals surface area contributed by atoms with Gasteiger partial charge in [-0.2, -0.15) is 0 Å². The Hall–Kier alpha value is -4.65. The van der Waals surface area contributed by atoms with Gasteiger partial charge in [-0.3, -0.25) is 14.4 Å². The number of rotatable bonds is 6. The van der Waals surface area contributed by atoms with Crippen LogP contribution in [0.5, 0.6) is 5.75 Å². The smallest absolute Gasteiger partial charge is 0.308 e. The molecule has 33 heavy (non-hydrogen) atoms. The Labute approximate surface area is 190 Å². The fourth-order valence-electron chi connectivity index (χ4n) is 3.24. The number of amides is 2. The summed E-state index contributed by atoms with van der Waals surface area (Å²) in [7, 11) is 0. The second-order valence-corrected chi connectivity index (χ2v) is 7.25. The number of hydrogen-bond acceptors (Lipinski definition) is 4. The second kappa shape index (κ2) is 9.65. The van der Waals surface area contributed by atoms with Crippen LogP contribution in [-0.2, 0) is 4.79 Å². The van der Waals surface area contributed by atoms with Gasteiger partial charge in [0.15, 0.2) is 0 Å². The Morgan fingerprint density at radius 1 is 0.697 bits per heavy atom. The first-order valence-corrected chi connectivity index (χ1v) is 10.2. The van der Waals surface area contributed by atoms with Gasteiger partial charge in [0.1, 0.15) is 5.75 Å². The molecule has 0 aliphatic rings. The third kappa shape index (κ3) is 5.54. The van der Waals surface area contributed by atoms with E-state index in [1.807, 2.05) is 41.2 Å². The molecule has 0 bridgehead atoms. The molecule has 7 heteroatoms. The number of nitrogens with zero attached hydrogens (tertiary/aromatic N) is 1. The van der Waals surface area contributed by atoms with Gasteiger partial charge in [-0.25, -0.2) is 0 Å². The van der Waals surface area contributed by atoms with E-state index in [1.54, 1.807) is 54.6 Å². The molecular weight excluding hydrogens is 418 g/mol. The van der Waals surface area contributed by atoms with E-state index in [4.69, 9.17) is 4.74 Å². The van der Waals surface area contributed by atoms with Crippen molar-refractivity contribution < 1.29 is 19.1 Å². The van der Waals surface area contributed by atoms with E-state index in [9.17, 15) is 14.4 Å². The van der Waals surface area contributed by atoms with Gasteiger partial charge in [-0.15, -0.1) is 0 Å². The number of nitrogens with one attached hydrogen (secondary N) is 2. The Balaban J connectivity index is 1.42. The monoisotopic (exact) mass is 439 g/mol. The van der Waals surface area contributed by atoms with Crippen molar-refractivity contribution in [3.8, 4) is 11.4 Å². The molecule has 0 aliphatic heterocycles. The predicted molar refractivity (Wildman–Crippen MR) is 126 cm³/mol. The van der Waals surface area contributed by atoms with Crippen molar-refractivity contribution in [3.05, 3.63) is 108 Å². The van der Waals surface area contributed by atoms with Gasteiger partial charge < -0.3 is 19.9 Å². The molecule has 4 rings (SSSR count). The van der Waals surface area contributed by atoms with Gasteiger partial charge in [-0.05, 0) is 72.8 Å². The van der Waals surface area contributed by atoms with Crippen molar-refractivity contribution in [1.82, 2.24) is 4.57 Å². The third-order valence-electron chi connectivity index (χ3n) is 4.77. The van der Waals surface area contributed by atoms with Crippen LogP contribution >= 0.6 is 0 Å². The zero-order valence-electron chi connectivity index (χ0n) is 17.8. The summed E-state index contributed by atoms with van der Waals surface area (Å²) in [4.78, 5) is 36.4. The summed E-state index contributed by atoms with van der Waals surface area (Å²) in [5, 5.41) is 5.62. The third-order valence-corrected chi connectivity index (χ3v) is 4.77. The maximum absolute atomic E-state index is 12.6. The highest BCUT2D eigenvalue weighted by Gasteiger charge is 2.10. The molecule has 1 heterocycles. The second-order valence-electron chi connectivity index (χ2n) is 7.25. The van der Waals surface area contributed by atoms with E-state index in [-0.39, 0.29) is 11.8 Å². The minimum Gasteiger partial charge on any atom is -0.427 e. The Bertz CT molecular complexity index is 1300. The maximum atomic E-state index is 12.6. The molecule has 164 valence electrons. The van der Waals surface area contributed by atoms with Crippen LogP contribution < -0.4 is 15.4 Å². The fraction of sp³-hybridized carbons (Fsp3) is 0.0385. The SMILES string of the molecule is CC(=O)Oc1cccc(C(=O)Nc2cccc(NC(=O)c3ccc(-n4cccc4)cc3)c2)c1. The molecular formula is C26H21N3O4. The number of esters is 1. The van der Waals surface area contributed by atoms with Crippen molar-refractivity contribution >= 4 is 29.2 Å². The van der Waals surface area contributed by atoms with Crippen molar-refractivity contribution in [2.75, 3.05) is 10.6 Å². The van der Waals surface area contributed by atoms with Gasteiger partial charge in [0.2, 0.25) is 0 Å². The van der Waals surface area contributed by atoms with E-state index in [2.05, 4.69) is 10.6 Å². The van der Waals surface area contributed by atoms with Crippen LogP contribution in [0, 0.1) is 0 Å². The lowest BCUT2D eigenvalue weighted by Crippen LogP contribution is -2.14. The van der Waals surface area contributed by atoms with Gasteiger partial charge in [0.05, 0.1) is 0 Å². The molecule has 0 atom stereocenters.